The molecule has 1 atom stereocenters. The highest BCUT2D eigenvalue weighted by Crippen LogP contribution is 2.29. The summed E-state index contributed by atoms with van der Waals surface area (Å²) in [5, 5.41) is 10.7. The largest absolute Gasteiger partial charge is 0.490 e. The van der Waals surface area contributed by atoms with E-state index in [2.05, 4.69) is 27.8 Å². The highest BCUT2D eigenvalue weighted by Gasteiger charge is 2.29. The third-order valence-electron chi connectivity index (χ3n) is 3.24. The summed E-state index contributed by atoms with van der Waals surface area (Å²) in [7, 11) is 0. The quantitative estimate of drug-likeness (QED) is 0.820. The third kappa shape index (κ3) is 4.63. The minimum absolute atomic E-state index is 0.295. The van der Waals surface area contributed by atoms with Gasteiger partial charge in [-0.25, -0.2) is 0 Å². The molecule has 1 aromatic carbocycles. The Kier molecular flexibility index (Phi) is 5.51. The molecular formula is C14H19BrClNO2. The molecule has 3 nitrogen and oxygen atoms in total. The maximum atomic E-state index is 10.0. The molecule has 0 aliphatic heterocycles. The number of hydrogen-bond donors (Lipinski definition) is 1. The lowest BCUT2D eigenvalue weighted by Crippen LogP contribution is -2.36. The Balaban J connectivity index is 1.80. The summed E-state index contributed by atoms with van der Waals surface area (Å²) in [5.41, 5.74) is 0. The highest BCUT2D eigenvalue weighted by atomic mass is 79.9. The monoisotopic (exact) mass is 347 g/mol. The van der Waals surface area contributed by atoms with Crippen molar-refractivity contribution in [1.29, 1.82) is 0 Å². The van der Waals surface area contributed by atoms with E-state index in [0.717, 1.165) is 11.0 Å². The molecule has 106 valence electrons. The predicted octanol–water partition coefficient (Wildman–Crippen LogP) is 3.33. The van der Waals surface area contributed by atoms with Crippen molar-refractivity contribution in [3.05, 3.63) is 27.7 Å². The maximum Gasteiger partial charge on any atom is 0.133 e. The van der Waals surface area contributed by atoms with Crippen molar-refractivity contribution in [2.75, 3.05) is 19.7 Å². The van der Waals surface area contributed by atoms with Crippen LogP contribution in [0, 0.1) is 0 Å². The molecule has 0 aromatic heterocycles. The Morgan fingerprint density at radius 2 is 2.26 bits per heavy atom. The van der Waals surface area contributed by atoms with E-state index in [-0.39, 0.29) is 0 Å². The molecule has 19 heavy (non-hydrogen) atoms. The highest BCUT2D eigenvalue weighted by molar-refractivity contribution is 9.10. The van der Waals surface area contributed by atoms with Crippen LogP contribution in [0.25, 0.3) is 0 Å². The summed E-state index contributed by atoms with van der Waals surface area (Å²) < 4.78 is 6.42. The third-order valence-corrected chi connectivity index (χ3v) is 4.09. The van der Waals surface area contributed by atoms with E-state index in [1.807, 2.05) is 0 Å². The Labute approximate surface area is 127 Å². The second kappa shape index (κ2) is 6.93. The summed E-state index contributed by atoms with van der Waals surface area (Å²) in [6.07, 6.45) is 2.04. The summed E-state index contributed by atoms with van der Waals surface area (Å²) in [4.78, 5) is 2.31. The average molecular weight is 349 g/mol. The van der Waals surface area contributed by atoms with Crippen LogP contribution in [-0.4, -0.2) is 41.8 Å². The van der Waals surface area contributed by atoms with Gasteiger partial charge in [0.25, 0.3) is 0 Å². The first-order valence-corrected chi connectivity index (χ1v) is 7.77. The Morgan fingerprint density at radius 1 is 1.53 bits per heavy atom. The van der Waals surface area contributed by atoms with E-state index in [4.69, 9.17) is 16.3 Å². The van der Waals surface area contributed by atoms with Crippen LogP contribution in [0.15, 0.2) is 22.7 Å². The molecule has 5 heteroatoms. The van der Waals surface area contributed by atoms with Crippen molar-refractivity contribution >= 4 is 27.5 Å². The first-order chi connectivity index (χ1) is 9.10. The van der Waals surface area contributed by atoms with Crippen LogP contribution >= 0.6 is 27.5 Å². The van der Waals surface area contributed by atoms with Gasteiger partial charge in [0.15, 0.2) is 0 Å². The second-order valence-electron chi connectivity index (χ2n) is 4.86. The van der Waals surface area contributed by atoms with Crippen LogP contribution < -0.4 is 4.74 Å². The Morgan fingerprint density at radius 3 is 2.84 bits per heavy atom. The fraction of sp³-hybridized carbons (Fsp3) is 0.571. The van der Waals surface area contributed by atoms with Crippen LogP contribution in [0.4, 0.5) is 0 Å². The van der Waals surface area contributed by atoms with Gasteiger partial charge in [-0.05, 0) is 53.5 Å². The molecule has 0 saturated heterocycles. The number of ether oxygens (including phenoxy) is 1. The summed E-state index contributed by atoms with van der Waals surface area (Å²) in [6.45, 7) is 4.07. The van der Waals surface area contributed by atoms with Gasteiger partial charge in [-0.2, -0.15) is 0 Å². The number of aliphatic hydroxyl groups excluding tert-OH is 1. The topological polar surface area (TPSA) is 32.7 Å². The number of likely N-dealkylation sites (N-methyl/N-ethyl adjacent to an activating group) is 1. The Hall–Kier alpha value is -0.290. The molecular weight excluding hydrogens is 330 g/mol. The van der Waals surface area contributed by atoms with Gasteiger partial charge in [0, 0.05) is 17.6 Å². The van der Waals surface area contributed by atoms with E-state index in [1.165, 1.54) is 12.8 Å². The van der Waals surface area contributed by atoms with Gasteiger partial charge in [0.1, 0.15) is 18.5 Å². The fourth-order valence-electron chi connectivity index (χ4n) is 2.08. The van der Waals surface area contributed by atoms with Gasteiger partial charge in [-0.3, -0.25) is 4.90 Å². The lowest BCUT2D eigenvalue weighted by atomic mass is 10.3. The van der Waals surface area contributed by atoms with E-state index in [9.17, 15) is 5.11 Å². The lowest BCUT2D eigenvalue weighted by Gasteiger charge is -2.23. The minimum atomic E-state index is -0.469. The number of halogens is 2. The molecule has 0 amide bonds. The SMILES string of the molecule is CCN(CC(O)COc1ccc(Cl)cc1Br)C1CC1. The second-order valence-corrected chi connectivity index (χ2v) is 6.15. The molecule has 1 unspecified atom stereocenters. The molecule has 1 saturated carbocycles. The van der Waals surface area contributed by atoms with Gasteiger partial charge in [0.2, 0.25) is 0 Å². The number of aliphatic hydroxyl groups is 1. The molecule has 1 N–H and O–H groups in total. The number of hydrogen-bond acceptors (Lipinski definition) is 3. The van der Waals surface area contributed by atoms with Crippen molar-refractivity contribution in [2.24, 2.45) is 0 Å². The summed E-state index contributed by atoms with van der Waals surface area (Å²) in [6, 6.07) is 6.03. The molecule has 0 radical (unpaired) electrons. The zero-order chi connectivity index (χ0) is 13.8. The lowest BCUT2D eigenvalue weighted by molar-refractivity contribution is 0.0670. The van der Waals surface area contributed by atoms with Gasteiger partial charge >= 0.3 is 0 Å². The summed E-state index contributed by atoms with van der Waals surface area (Å²) in [5.74, 6) is 0.706. The van der Waals surface area contributed by atoms with E-state index in [1.54, 1.807) is 18.2 Å². The van der Waals surface area contributed by atoms with Crippen LogP contribution in [-0.2, 0) is 0 Å². The van der Waals surface area contributed by atoms with Crippen molar-refractivity contribution in [2.45, 2.75) is 31.9 Å². The van der Waals surface area contributed by atoms with Crippen LogP contribution in [0.1, 0.15) is 19.8 Å². The molecule has 1 aliphatic rings. The van der Waals surface area contributed by atoms with Gasteiger partial charge in [0.05, 0.1) is 4.47 Å². The van der Waals surface area contributed by atoms with Crippen LogP contribution in [0.5, 0.6) is 5.75 Å². The smallest absolute Gasteiger partial charge is 0.133 e. The van der Waals surface area contributed by atoms with Gasteiger partial charge < -0.3 is 9.84 Å². The molecule has 1 aliphatic carbocycles. The first kappa shape index (κ1) is 15.1. The molecule has 0 heterocycles. The molecule has 0 bridgehead atoms. The standard InChI is InChI=1S/C14H19BrClNO2/c1-2-17(11-4-5-11)8-12(18)9-19-14-6-3-10(16)7-13(14)15/h3,6-7,11-12,18H,2,4-5,8-9H2,1H3. The van der Waals surface area contributed by atoms with E-state index >= 15 is 0 Å². The Bertz CT molecular complexity index is 426. The van der Waals surface area contributed by atoms with Crippen molar-refractivity contribution in [1.82, 2.24) is 4.90 Å². The molecule has 2 rings (SSSR count). The number of nitrogens with zero attached hydrogens (tertiary/aromatic N) is 1. The molecule has 1 aromatic rings. The average Bonchev–Trinajstić information content (AvgIpc) is 3.19. The zero-order valence-electron chi connectivity index (χ0n) is 11.0. The van der Waals surface area contributed by atoms with Crippen LogP contribution in [0.2, 0.25) is 5.02 Å². The van der Waals surface area contributed by atoms with E-state index < -0.39 is 6.10 Å². The first-order valence-electron chi connectivity index (χ1n) is 6.60. The normalized spacial score (nSPS) is 16.7. The summed E-state index contributed by atoms with van der Waals surface area (Å²) >= 11 is 9.26. The van der Waals surface area contributed by atoms with Crippen LogP contribution in [0.3, 0.4) is 0 Å². The minimum Gasteiger partial charge on any atom is -0.490 e. The van der Waals surface area contributed by atoms with Crippen molar-refractivity contribution < 1.29 is 9.84 Å². The number of benzene rings is 1. The maximum absolute atomic E-state index is 10.0. The van der Waals surface area contributed by atoms with Gasteiger partial charge in [-0.1, -0.05) is 18.5 Å². The predicted molar refractivity (Wildman–Crippen MR) is 80.9 cm³/mol. The number of rotatable bonds is 7. The van der Waals surface area contributed by atoms with Crippen molar-refractivity contribution in [3.63, 3.8) is 0 Å². The fourth-order valence-corrected chi connectivity index (χ4v) is 2.87. The zero-order valence-corrected chi connectivity index (χ0v) is 13.3. The van der Waals surface area contributed by atoms with E-state index in [0.29, 0.717) is 30.0 Å². The molecule has 1 fully saturated rings. The van der Waals surface area contributed by atoms with Gasteiger partial charge in [-0.15, -0.1) is 0 Å². The molecule has 0 spiro atoms. The van der Waals surface area contributed by atoms with Crippen molar-refractivity contribution in [3.8, 4) is 5.75 Å².